The van der Waals surface area contributed by atoms with Gasteiger partial charge in [0.05, 0.1) is 5.69 Å². The van der Waals surface area contributed by atoms with Crippen molar-refractivity contribution in [1.29, 1.82) is 0 Å². The maximum atomic E-state index is 5.40. The number of benzene rings is 1. The number of hydrogen-bond acceptors (Lipinski definition) is 3. The van der Waals surface area contributed by atoms with Crippen LogP contribution in [0.1, 0.15) is 20.3 Å². The zero-order valence-corrected chi connectivity index (χ0v) is 12.7. The van der Waals surface area contributed by atoms with E-state index in [1.54, 1.807) is 0 Å². The van der Waals surface area contributed by atoms with Crippen LogP contribution in [0.15, 0.2) is 30.3 Å². The molecule has 2 atom stereocenters. The smallest absolute Gasteiger partial charge is 0.230 e. The van der Waals surface area contributed by atoms with Crippen LogP contribution in [-0.4, -0.2) is 27.9 Å². The minimum Gasteiger partial charge on any atom is -0.340 e. The van der Waals surface area contributed by atoms with Gasteiger partial charge in [-0.05, 0) is 42.6 Å². The third-order valence-electron chi connectivity index (χ3n) is 4.29. The first kappa shape index (κ1) is 13.4. The molecule has 1 saturated heterocycles. The Kier molecular flexibility index (Phi) is 3.61. The normalized spacial score (nSPS) is 23.0. The lowest BCUT2D eigenvalue weighted by atomic mass is 9.89. The number of nitrogens with zero attached hydrogens (tertiary/aromatic N) is 3. The molecule has 1 aromatic heterocycles. The first-order valence-electron chi connectivity index (χ1n) is 7.14. The van der Waals surface area contributed by atoms with Crippen molar-refractivity contribution in [2.24, 2.45) is 11.8 Å². The topological polar surface area (TPSA) is 36.9 Å². The highest BCUT2D eigenvalue weighted by Gasteiger charge is 2.26. The Morgan fingerprint density at radius 2 is 1.95 bits per heavy atom. The zero-order valence-electron chi connectivity index (χ0n) is 11.9. The molecule has 0 spiro atoms. The number of para-hydroxylation sites is 1. The van der Waals surface area contributed by atoms with Gasteiger partial charge in [-0.2, -0.15) is 0 Å². The summed E-state index contributed by atoms with van der Waals surface area (Å²) in [6.45, 7) is 6.72. The standard InChI is InChI=1S/C15H20N4S/c1-11-8-9-18(10-12(11)2)14-16-17-15(20)19(14)13-6-4-3-5-7-13/h3-7,11-12H,8-10H2,1-2H3,(H,17,20). The molecule has 3 rings (SSSR count). The van der Waals surface area contributed by atoms with Crippen molar-refractivity contribution in [3.05, 3.63) is 35.1 Å². The Morgan fingerprint density at radius 3 is 2.65 bits per heavy atom. The molecule has 0 amide bonds. The molecule has 5 heteroatoms. The van der Waals surface area contributed by atoms with Crippen LogP contribution in [0.25, 0.3) is 5.69 Å². The molecule has 1 aliphatic heterocycles. The third-order valence-corrected chi connectivity index (χ3v) is 4.56. The second-order valence-electron chi connectivity index (χ2n) is 5.69. The van der Waals surface area contributed by atoms with Crippen molar-refractivity contribution < 1.29 is 0 Å². The first-order valence-corrected chi connectivity index (χ1v) is 7.55. The quantitative estimate of drug-likeness (QED) is 0.860. The van der Waals surface area contributed by atoms with E-state index < -0.39 is 0 Å². The Bertz CT molecular complexity index is 631. The van der Waals surface area contributed by atoms with Crippen molar-refractivity contribution in [3.63, 3.8) is 0 Å². The number of aromatic amines is 1. The molecule has 1 aliphatic rings. The number of hydrogen-bond donors (Lipinski definition) is 1. The van der Waals surface area contributed by atoms with Crippen LogP contribution < -0.4 is 4.90 Å². The lowest BCUT2D eigenvalue weighted by Gasteiger charge is -2.35. The van der Waals surface area contributed by atoms with Crippen LogP contribution in [0.3, 0.4) is 0 Å². The van der Waals surface area contributed by atoms with Crippen LogP contribution in [0.5, 0.6) is 0 Å². The molecular weight excluding hydrogens is 268 g/mol. The largest absolute Gasteiger partial charge is 0.340 e. The zero-order chi connectivity index (χ0) is 14.1. The SMILES string of the molecule is CC1CCN(c2n[nH]c(=S)n2-c2ccccc2)CC1C. The van der Waals surface area contributed by atoms with E-state index in [4.69, 9.17) is 12.2 Å². The van der Waals surface area contributed by atoms with Gasteiger partial charge in [0.1, 0.15) is 0 Å². The summed E-state index contributed by atoms with van der Waals surface area (Å²) in [5.74, 6) is 2.39. The molecule has 2 aromatic rings. The summed E-state index contributed by atoms with van der Waals surface area (Å²) < 4.78 is 2.68. The molecule has 106 valence electrons. The summed E-state index contributed by atoms with van der Waals surface area (Å²) in [5.41, 5.74) is 1.06. The van der Waals surface area contributed by atoms with Gasteiger partial charge in [-0.15, -0.1) is 5.10 Å². The van der Waals surface area contributed by atoms with Crippen LogP contribution in [0.4, 0.5) is 5.95 Å². The van der Waals surface area contributed by atoms with Crippen molar-refractivity contribution in [2.45, 2.75) is 20.3 Å². The van der Waals surface area contributed by atoms with E-state index in [9.17, 15) is 0 Å². The second kappa shape index (κ2) is 5.40. The molecular formula is C15H20N4S. The van der Waals surface area contributed by atoms with E-state index in [-0.39, 0.29) is 0 Å². The molecule has 0 aliphatic carbocycles. The molecule has 2 heterocycles. The Morgan fingerprint density at radius 1 is 1.20 bits per heavy atom. The van der Waals surface area contributed by atoms with Gasteiger partial charge >= 0.3 is 0 Å². The van der Waals surface area contributed by atoms with Crippen molar-refractivity contribution in [1.82, 2.24) is 14.8 Å². The van der Waals surface area contributed by atoms with E-state index in [1.165, 1.54) is 6.42 Å². The highest BCUT2D eigenvalue weighted by Crippen LogP contribution is 2.27. The fourth-order valence-corrected chi connectivity index (χ4v) is 2.99. The van der Waals surface area contributed by atoms with E-state index in [0.717, 1.165) is 30.6 Å². The highest BCUT2D eigenvalue weighted by molar-refractivity contribution is 7.71. The molecule has 1 fully saturated rings. The number of H-pyrrole nitrogens is 1. The van der Waals surface area contributed by atoms with Gasteiger partial charge in [0.25, 0.3) is 0 Å². The summed E-state index contributed by atoms with van der Waals surface area (Å²) in [6.07, 6.45) is 1.20. The molecule has 1 N–H and O–H groups in total. The van der Waals surface area contributed by atoms with Crippen LogP contribution in [0.2, 0.25) is 0 Å². The van der Waals surface area contributed by atoms with Gasteiger partial charge in [0, 0.05) is 13.1 Å². The number of aromatic nitrogens is 3. The van der Waals surface area contributed by atoms with Gasteiger partial charge in [-0.1, -0.05) is 32.0 Å². The maximum absolute atomic E-state index is 5.40. The predicted molar refractivity (Wildman–Crippen MR) is 83.9 cm³/mol. The molecule has 0 bridgehead atoms. The maximum Gasteiger partial charge on any atom is 0.230 e. The number of piperidine rings is 1. The molecule has 1 aromatic carbocycles. The summed E-state index contributed by atoms with van der Waals surface area (Å²) in [7, 11) is 0. The summed E-state index contributed by atoms with van der Waals surface area (Å²) in [5, 5.41) is 7.38. The first-order chi connectivity index (χ1) is 9.66. The van der Waals surface area contributed by atoms with E-state index in [0.29, 0.717) is 10.7 Å². The predicted octanol–water partition coefficient (Wildman–Crippen LogP) is 3.41. The van der Waals surface area contributed by atoms with Crippen LogP contribution in [-0.2, 0) is 0 Å². The van der Waals surface area contributed by atoms with Gasteiger partial charge < -0.3 is 4.90 Å². The highest BCUT2D eigenvalue weighted by atomic mass is 32.1. The molecule has 4 nitrogen and oxygen atoms in total. The van der Waals surface area contributed by atoms with Gasteiger partial charge in [0.2, 0.25) is 10.7 Å². The summed E-state index contributed by atoms with van der Waals surface area (Å²) in [4.78, 5) is 2.34. The lowest BCUT2D eigenvalue weighted by Crippen LogP contribution is -2.39. The van der Waals surface area contributed by atoms with Crippen molar-refractivity contribution >= 4 is 18.2 Å². The van der Waals surface area contributed by atoms with Crippen molar-refractivity contribution in [2.75, 3.05) is 18.0 Å². The average Bonchev–Trinajstić information content (AvgIpc) is 2.85. The second-order valence-corrected chi connectivity index (χ2v) is 6.08. The van der Waals surface area contributed by atoms with E-state index in [2.05, 4.69) is 41.1 Å². The minimum absolute atomic E-state index is 0.650. The summed E-state index contributed by atoms with van der Waals surface area (Å²) >= 11 is 5.40. The lowest BCUT2D eigenvalue weighted by molar-refractivity contribution is 0.321. The summed E-state index contributed by atoms with van der Waals surface area (Å²) in [6, 6.07) is 10.2. The Balaban J connectivity index is 1.98. The van der Waals surface area contributed by atoms with E-state index >= 15 is 0 Å². The van der Waals surface area contributed by atoms with Crippen molar-refractivity contribution in [3.8, 4) is 5.69 Å². The van der Waals surface area contributed by atoms with Gasteiger partial charge in [-0.25, -0.2) is 5.10 Å². The number of rotatable bonds is 2. The number of nitrogens with one attached hydrogen (secondary N) is 1. The van der Waals surface area contributed by atoms with Crippen LogP contribution in [0, 0.1) is 16.6 Å². The van der Waals surface area contributed by atoms with E-state index in [1.807, 2.05) is 22.8 Å². The molecule has 0 radical (unpaired) electrons. The van der Waals surface area contributed by atoms with Crippen LogP contribution >= 0.6 is 12.2 Å². The van der Waals surface area contributed by atoms with Gasteiger partial charge in [0.15, 0.2) is 0 Å². The fourth-order valence-electron chi connectivity index (χ4n) is 2.76. The Labute approximate surface area is 124 Å². The minimum atomic E-state index is 0.650. The number of anilines is 1. The van der Waals surface area contributed by atoms with Gasteiger partial charge in [-0.3, -0.25) is 4.57 Å². The monoisotopic (exact) mass is 288 g/mol. The molecule has 20 heavy (non-hydrogen) atoms. The average molecular weight is 288 g/mol. The molecule has 2 unspecified atom stereocenters. The fraction of sp³-hybridized carbons (Fsp3) is 0.467. The molecule has 0 saturated carbocycles. The third kappa shape index (κ3) is 2.38. The Hall–Kier alpha value is -1.62.